The van der Waals surface area contributed by atoms with E-state index in [2.05, 4.69) is 27.4 Å². The number of carbonyl (C=O) groups is 1. The highest BCUT2D eigenvalue weighted by Crippen LogP contribution is 2.34. The Kier molecular flexibility index (Phi) is 8.13. The van der Waals surface area contributed by atoms with Crippen LogP contribution in [-0.2, 0) is 4.79 Å². The predicted octanol–water partition coefficient (Wildman–Crippen LogP) is 5.13. The van der Waals surface area contributed by atoms with Crippen molar-refractivity contribution in [1.29, 1.82) is 0 Å². The van der Waals surface area contributed by atoms with Crippen LogP contribution in [0.25, 0.3) is 10.6 Å². The van der Waals surface area contributed by atoms with Gasteiger partial charge in [0.2, 0.25) is 5.13 Å². The number of aromatic nitrogens is 2. The average molecular weight is 433 g/mol. The first kappa shape index (κ1) is 22.0. The monoisotopic (exact) mass is 432 g/mol. The number of hydrogen-bond donors (Lipinski definition) is 2. The number of nitrogens with zero attached hydrogens (tertiary/aromatic N) is 2. The van der Waals surface area contributed by atoms with Crippen LogP contribution in [0.15, 0.2) is 91.1 Å². The van der Waals surface area contributed by atoms with Crippen LogP contribution < -0.4 is 15.4 Å². The van der Waals surface area contributed by atoms with Gasteiger partial charge in [-0.2, -0.15) is 0 Å². The fourth-order valence-corrected chi connectivity index (χ4v) is 3.52. The molecule has 0 atom stereocenters. The van der Waals surface area contributed by atoms with Gasteiger partial charge in [0.25, 0.3) is 5.91 Å². The van der Waals surface area contributed by atoms with Gasteiger partial charge in [-0.15, -0.1) is 10.2 Å². The van der Waals surface area contributed by atoms with Gasteiger partial charge in [-0.05, 0) is 36.8 Å². The van der Waals surface area contributed by atoms with Gasteiger partial charge in [0.05, 0.1) is 5.56 Å². The zero-order valence-electron chi connectivity index (χ0n) is 17.2. The number of hydrogen-bond acceptors (Lipinski definition) is 6. The van der Waals surface area contributed by atoms with Crippen LogP contribution in [0, 0.1) is 0 Å². The van der Waals surface area contributed by atoms with E-state index in [1.807, 2.05) is 79.7 Å². The summed E-state index contributed by atoms with van der Waals surface area (Å²) in [5.41, 5.74) is 2.68. The zero-order chi connectivity index (χ0) is 21.9. The summed E-state index contributed by atoms with van der Waals surface area (Å²) >= 11 is 1.42. The van der Waals surface area contributed by atoms with Gasteiger partial charge < -0.3 is 15.4 Å². The lowest BCUT2D eigenvalue weighted by molar-refractivity contribution is -0.122. The van der Waals surface area contributed by atoms with Gasteiger partial charge >= 0.3 is 0 Å². The predicted molar refractivity (Wildman–Crippen MR) is 127 cm³/mol. The number of allylic oxidation sites excluding steroid dienone is 3. The number of rotatable bonds is 10. The van der Waals surface area contributed by atoms with E-state index in [1.54, 1.807) is 6.08 Å². The van der Waals surface area contributed by atoms with E-state index >= 15 is 0 Å². The summed E-state index contributed by atoms with van der Waals surface area (Å²) in [4.78, 5) is 12.2. The van der Waals surface area contributed by atoms with Gasteiger partial charge in [0, 0.05) is 12.2 Å². The van der Waals surface area contributed by atoms with Crippen LogP contribution in [0.3, 0.4) is 0 Å². The molecule has 1 amide bonds. The van der Waals surface area contributed by atoms with E-state index in [0.717, 1.165) is 16.8 Å². The van der Waals surface area contributed by atoms with Crippen molar-refractivity contribution in [3.8, 4) is 16.3 Å². The van der Waals surface area contributed by atoms with Gasteiger partial charge in [-0.25, -0.2) is 0 Å². The molecule has 0 radical (unpaired) electrons. The summed E-state index contributed by atoms with van der Waals surface area (Å²) in [5.74, 6) is 0.369. The molecule has 0 aliphatic heterocycles. The minimum atomic E-state index is -0.210. The number of para-hydroxylation sites is 2. The summed E-state index contributed by atoms with van der Waals surface area (Å²) in [6.07, 6.45) is 7.38. The van der Waals surface area contributed by atoms with Crippen molar-refractivity contribution < 1.29 is 9.53 Å². The van der Waals surface area contributed by atoms with Crippen molar-refractivity contribution in [2.24, 2.45) is 0 Å². The van der Waals surface area contributed by atoms with Crippen molar-refractivity contribution >= 4 is 28.1 Å². The molecule has 2 aromatic carbocycles. The van der Waals surface area contributed by atoms with Crippen molar-refractivity contribution in [3.05, 3.63) is 91.1 Å². The maximum Gasteiger partial charge on any atom is 0.258 e. The lowest BCUT2D eigenvalue weighted by Crippen LogP contribution is -2.30. The number of nitrogens with one attached hydrogen (secondary N) is 2. The molecule has 0 unspecified atom stereocenters. The number of benzene rings is 2. The molecule has 0 spiro atoms. The topological polar surface area (TPSA) is 76.1 Å². The van der Waals surface area contributed by atoms with Crippen molar-refractivity contribution in [1.82, 2.24) is 15.5 Å². The Morgan fingerprint density at radius 1 is 1.13 bits per heavy atom. The molecule has 0 saturated carbocycles. The van der Waals surface area contributed by atoms with Gasteiger partial charge in [0.1, 0.15) is 5.75 Å². The normalized spacial score (nSPS) is 11.3. The van der Waals surface area contributed by atoms with Gasteiger partial charge in [0.15, 0.2) is 11.6 Å². The van der Waals surface area contributed by atoms with Crippen molar-refractivity contribution in [3.63, 3.8) is 0 Å². The molecule has 1 heterocycles. The number of amides is 1. The standard InChI is InChI=1S/C24H24N4O2S/c1-3-10-18(11-4-2)16-25-22(29)17-30-21-15-9-8-14-20(21)23-27-28-24(31-23)26-19-12-6-5-7-13-19/h3-15H,1,16-17H2,2H3,(H,25,29)(H,26,28)/b11-4-,18-10+. The fourth-order valence-electron chi connectivity index (χ4n) is 2.73. The summed E-state index contributed by atoms with van der Waals surface area (Å²) in [6.45, 7) is 5.92. The molecule has 6 nitrogen and oxygen atoms in total. The summed E-state index contributed by atoms with van der Waals surface area (Å²) in [5, 5.41) is 15.9. The second-order valence-electron chi connectivity index (χ2n) is 6.44. The quantitative estimate of drug-likeness (QED) is 0.434. The van der Waals surface area contributed by atoms with E-state index in [9.17, 15) is 4.79 Å². The Hall–Kier alpha value is -3.71. The van der Waals surface area contributed by atoms with E-state index in [1.165, 1.54) is 11.3 Å². The molecule has 0 bridgehead atoms. The van der Waals surface area contributed by atoms with Crippen LogP contribution in [0.1, 0.15) is 6.92 Å². The highest BCUT2D eigenvalue weighted by atomic mass is 32.1. The molecule has 31 heavy (non-hydrogen) atoms. The average Bonchev–Trinajstić information content (AvgIpc) is 3.25. The molecule has 0 fully saturated rings. The minimum Gasteiger partial charge on any atom is -0.483 e. The Labute approximate surface area is 186 Å². The summed E-state index contributed by atoms with van der Waals surface area (Å²) in [7, 11) is 0. The third kappa shape index (κ3) is 6.65. The number of anilines is 2. The van der Waals surface area contributed by atoms with Crippen molar-refractivity contribution in [2.75, 3.05) is 18.5 Å². The maximum atomic E-state index is 12.2. The van der Waals surface area contributed by atoms with Crippen LogP contribution in [0.2, 0.25) is 0 Å². The molecule has 0 saturated heterocycles. The van der Waals surface area contributed by atoms with Gasteiger partial charge in [-0.3, -0.25) is 4.79 Å². The first-order chi connectivity index (χ1) is 15.2. The molecule has 2 N–H and O–H groups in total. The fraction of sp³-hybridized carbons (Fsp3) is 0.125. The highest BCUT2D eigenvalue weighted by molar-refractivity contribution is 7.18. The third-order valence-corrected chi connectivity index (χ3v) is 5.00. The Balaban J connectivity index is 1.62. The molecule has 0 aliphatic rings. The molecule has 7 heteroatoms. The SMILES string of the molecule is C=C/C=C(\C=C/C)CNC(=O)COc1ccccc1-c1nnc(Nc2ccccc2)s1. The Morgan fingerprint density at radius 3 is 2.68 bits per heavy atom. The van der Waals surface area contributed by atoms with E-state index in [-0.39, 0.29) is 12.5 Å². The second kappa shape index (κ2) is 11.5. The second-order valence-corrected chi connectivity index (χ2v) is 7.42. The summed E-state index contributed by atoms with van der Waals surface area (Å²) in [6, 6.07) is 17.3. The number of carbonyl (C=O) groups excluding carboxylic acids is 1. The lowest BCUT2D eigenvalue weighted by Gasteiger charge is -2.10. The molecule has 158 valence electrons. The van der Waals surface area contributed by atoms with Crippen molar-refractivity contribution in [2.45, 2.75) is 6.92 Å². The van der Waals surface area contributed by atoms with Crippen LogP contribution in [0.4, 0.5) is 10.8 Å². The molecule has 3 rings (SSSR count). The Morgan fingerprint density at radius 2 is 1.90 bits per heavy atom. The third-order valence-electron chi connectivity index (χ3n) is 4.13. The molecule has 3 aromatic rings. The Bertz CT molecular complexity index is 1070. The first-order valence-corrected chi connectivity index (χ1v) is 10.6. The highest BCUT2D eigenvalue weighted by Gasteiger charge is 2.13. The lowest BCUT2D eigenvalue weighted by atomic mass is 10.2. The van der Waals surface area contributed by atoms with E-state index < -0.39 is 0 Å². The molecule has 1 aromatic heterocycles. The van der Waals surface area contributed by atoms with Crippen LogP contribution >= 0.6 is 11.3 Å². The van der Waals surface area contributed by atoms with Gasteiger partial charge in [-0.1, -0.05) is 72.6 Å². The summed E-state index contributed by atoms with van der Waals surface area (Å²) < 4.78 is 5.78. The zero-order valence-corrected chi connectivity index (χ0v) is 18.1. The number of ether oxygens (including phenoxy) is 1. The first-order valence-electron chi connectivity index (χ1n) is 9.78. The van der Waals surface area contributed by atoms with E-state index in [4.69, 9.17) is 4.74 Å². The molecule has 0 aliphatic carbocycles. The largest absolute Gasteiger partial charge is 0.483 e. The molecular weight excluding hydrogens is 408 g/mol. The molecular formula is C24H24N4O2S. The minimum absolute atomic E-state index is 0.0951. The van der Waals surface area contributed by atoms with Crippen LogP contribution in [-0.4, -0.2) is 29.3 Å². The van der Waals surface area contributed by atoms with Crippen LogP contribution in [0.5, 0.6) is 5.75 Å². The maximum absolute atomic E-state index is 12.2. The van der Waals surface area contributed by atoms with E-state index in [0.29, 0.717) is 22.4 Å². The smallest absolute Gasteiger partial charge is 0.258 e.